The summed E-state index contributed by atoms with van der Waals surface area (Å²) in [6, 6.07) is 0. The van der Waals surface area contributed by atoms with Crippen LogP contribution in [0.3, 0.4) is 0 Å². The molecule has 1 heterocycles. The maximum atomic E-state index is 11.9. The first-order valence-electron chi connectivity index (χ1n) is 7.31. The largest absolute Gasteiger partial charge is 0.356 e. The van der Waals surface area contributed by atoms with Crippen LogP contribution in [0.5, 0.6) is 0 Å². The SMILES string of the molecule is CN1CCCC(CNC(=O)CC2(N)CCCC2)C1. The van der Waals surface area contributed by atoms with Gasteiger partial charge in [-0.25, -0.2) is 0 Å². The van der Waals surface area contributed by atoms with Crippen LogP contribution >= 0.6 is 0 Å². The summed E-state index contributed by atoms with van der Waals surface area (Å²) in [7, 11) is 2.15. The first kappa shape index (κ1) is 13.8. The van der Waals surface area contributed by atoms with E-state index in [-0.39, 0.29) is 11.4 Å². The lowest BCUT2D eigenvalue weighted by atomic mass is 9.94. The Morgan fingerprint density at radius 3 is 2.78 bits per heavy atom. The Labute approximate surface area is 110 Å². The van der Waals surface area contributed by atoms with Crippen molar-refractivity contribution < 1.29 is 4.79 Å². The Balaban J connectivity index is 1.68. The van der Waals surface area contributed by atoms with Gasteiger partial charge < -0.3 is 16.0 Å². The van der Waals surface area contributed by atoms with Crippen molar-refractivity contribution in [2.75, 3.05) is 26.7 Å². The lowest BCUT2D eigenvalue weighted by Gasteiger charge is -2.30. The summed E-state index contributed by atoms with van der Waals surface area (Å²) in [6.45, 7) is 3.11. The monoisotopic (exact) mass is 253 g/mol. The molecule has 1 saturated heterocycles. The molecule has 1 aliphatic carbocycles. The fourth-order valence-corrected chi connectivity index (χ4v) is 3.34. The van der Waals surface area contributed by atoms with Crippen molar-refractivity contribution in [3.63, 3.8) is 0 Å². The Kier molecular flexibility index (Phi) is 4.62. The van der Waals surface area contributed by atoms with Crippen LogP contribution in [0, 0.1) is 5.92 Å². The summed E-state index contributed by atoms with van der Waals surface area (Å²) in [6.07, 6.45) is 7.36. The predicted octanol–water partition coefficient (Wildman–Crippen LogP) is 1.11. The van der Waals surface area contributed by atoms with Gasteiger partial charge in [-0.15, -0.1) is 0 Å². The van der Waals surface area contributed by atoms with Crippen molar-refractivity contribution in [3.8, 4) is 0 Å². The first-order chi connectivity index (χ1) is 8.57. The highest BCUT2D eigenvalue weighted by atomic mass is 16.1. The first-order valence-corrected chi connectivity index (χ1v) is 7.31. The minimum absolute atomic E-state index is 0.146. The number of likely N-dealkylation sites (tertiary alicyclic amines) is 1. The standard InChI is InChI=1S/C14H27N3O/c1-17-8-4-5-12(11-17)10-16-13(18)9-14(15)6-2-3-7-14/h12H,2-11,15H2,1H3,(H,16,18). The van der Waals surface area contributed by atoms with Gasteiger partial charge in [-0.05, 0) is 45.2 Å². The highest BCUT2D eigenvalue weighted by Crippen LogP contribution is 2.29. The highest BCUT2D eigenvalue weighted by Gasteiger charge is 2.31. The molecule has 0 aromatic carbocycles. The Hall–Kier alpha value is -0.610. The van der Waals surface area contributed by atoms with Gasteiger partial charge in [0.15, 0.2) is 0 Å². The number of hydrogen-bond acceptors (Lipinski definition) is 3. The molecule has 0 bridgehead atoms. The topological polar surface area (TPSA) is 58.4 Å². The van der Waals surface area contributed by atoms with Crippen molar-refractivity contribution >= 4 is 5.91 Å². The van der Waals surface area contributed by atoms with Gasteiger partial charge in [0.1, 0.15) is 0 Å². The molecule has 3 N–H and O–H groups in total. The van der Waals surface area contributed by atoms with E-state index in [1.807, 2.05) is 0 Å². The summed E-state index contributed by atoms with van der Waals surface area (Å²) in [5.41, 5.74) is 6.01. The molecule has 4 nitrogen and oxygen atoms in total. The van der Waals surface area contributed by atoms with Crippen molar-refractivity contribution in [2.45, 2.75) is 50.5 Å². The summed E-state index contributed by atoms with van der Waals surface area (Å²) in [5, 5.41) is 3.08. The molecule has 1 amide bonds. The molecule has 18 heavy (non-hydrogen) atoms. The number of nitrogens with one attached hydrogen (secondary N) is 1. The highest BCUT2D eigenvalue weighted by molar-refractivity contribution is 5.77. The molecule has 2 aliphatic rings. The zero-order valence-corrected chi connectivity index (χ0v) is 11.6. The molecule has 1 saturated carbocycles. The average Bonchev–Trinajstić information content (AvgIpc) is 2.73. The van der Waals surface area contributed by atoms with Gasteiger partial charge in [0.05, 0.1) is 0 Å². The number of amides is 1. The molecular formula is C14H27N3O. The number of piperidine rings is 1. The van der Waals surface area contributed by atoms with Crippen LogP contribution in [0.4, 0.5) is 0 Å². The number of nitrogens with two attached hydrogens (primary N) is 1. The molecule has 1 unspecified atom stereocenters. The van der Waals surface area contributed by atoms with E-state index in [0.29, 0.717) is 12.3 Å². The van der Waals surface area contributed by atoms with E-state index in [1.54, 1.807) is 0 Å². The van der Waals surface area contributed by atoms with Gasteiger partial charge in [0, 0.05) is 25.0 Å². The van der Waals surface area contributed by atoms with Crippen LogP contribution in [0.15, 0.2) is 0 Å². The smallest absolute Gasteiger partial charge is 0.221 e. The van der Waals surface area contributed by atoms with Crippen LogP contribution in [-0.4, -0.2) is 43.0 Å². The van der Waals surface area contributed by atoms with Crippen LogP contribution in [0.1, 0.15) is 44.9 Å². The summed E-state index contributed by atoms with van der Waals surface area (Å²) in [4.78, 5) is 14.3. The van der Waals surface area contributed by atoms with E-state index in [2.05, 4.69) is 17.3 Å². The van der Waals surface area contributed by atoms with E-state index in [0.717, 1.165) is 25.9 Å². The van der Waals surface area contributed by atoms with E-state index < -0.39 is 0 Å². The number of rotatable bonds is 4. The fourth-order valence-electron chi connectivity index (χ4n) is 3.34. The average molecular weight is 253 g/mol. The maximum Gasteiger partial charge on any atom is 0.221 e. The fraction of sp³-hybridized carbons (Fsp3) is 0.929. The van der Waals surface area contributed by atoms with E-state index in [9.17, 15) is 4.79 Å². The van der Waals surface area contributed by atoms with Crippen molar-refractivity contribution in [1.29, 1.82) is 0 Å². The van der Waals surface area contributed by atoms with Gasteiger partial charge >= 0.3 is 0 Å². The third-order valence-corrected chi connectivity index (χ3v) is 4.42. The van der Waals surface area contributed by atoms with Crippen molar-refractivity contribution in [1.82, 2.24) is 10.2 Å². The number of hydrogen-bond donors (Lipinski definition) is 2. The van der Waals surface area contributed by atoms with Gasteiger partial charge in [-0.2, -0.15) is 0 Å². The molecular weight excluding hydrogens is 226 g/mol. The zero-order chi connectivity index (χ0) is 13.0. The minimum atomic E-state index is -0.215. The second-order valence-corrected chi connectivity index (χ2v) is 6.32. The van der Waals surface area contributed by atoms with Gasteiger partial charge in [0.2, 0.25) is 5.91 Å². The Morgan fingerprint density at radius 1 is 1.39 bits per heavy atom. The van der Waals surface area contributed by atoms with Crippen LogP contribution in [-0.2, 0) is 4.79 Å². The molecule has 1 aliphatic heterocycles. The minimum Gasteiger partial charge on any atom is -0.356 e. The molecule has 1 atom stereocenters. The van der Waals surface area contributed by atoms with Crippen LogP contribution in [0.25, 0.3) is 0 Å². The van der Waals surface area contributed by atoms with Gasteiger partial charge in [-0.1, -0.05) is 12.8 Å². The molecule has 4 heteroatoms. The molecule has 2 rings (SSSR count). The summed E-state index contributed by atoms with van der Waals surface area (Å²) in [5.74, 6) is 0.762. The number of carbonyl (C=O) groups is 1. The quantitative estimate of drug-likeness (QED) is 0.789. The predicted molar refractivity (Wildman–Crippen MR) is 73.2 cm³/mol. The van der Waals surface area contributed by atoms with E-state index in [1.165, 1.54) is 32.2 Å². The lowest BCUT2D eigenvalue weighted by molar-refractivity contribution is -0.122. The van der Waals surface area contributed by atoms with Crippen molar-refractivity contribution in [2.24, 2.45) is 11.7 Å². The molecule has 0 aromatic heterocycles. The molecule has 0 radical (unpaired) electrons. The van der Waals surface area contributed by atoms with Gasteiger partial charge in [-0.3, -0.25) is 4.79 Å². The second-order valence-electron chi connectivity index (χ2n) is 6.32. The number of nitrogens with zero attached hydrogens (tertiary/aromatic N) is 1. The van der Waals surface area contributed by atoms with Crippen LogP contribution < -0.4 is 11.1 Å². The molecule has 104 valence electrons. The van der Waals surface area contributed by atoms with Crippen LogP contribution in [0.2, 0.25) is 0 Å². The van der Waals surface area contributed by atoms with Crippen molar-refractivity contribution in [3.05, 3.63) is 0 Å². The molecule has 2 fully saturated rings. The normalized spacial score (nSPS) is 28.2. The Morgan fingerprint density at radius 2 is 2.11 bits per heavy atom. The van der Waals surface area contributed by atoms with E-state index >= 15 is 0 Å². The summed E-state index contributed by atoms with van der Waals surface area (Å²) >= 11 is 0. The zero-order valence-electron chi connectivity index (χ0n) is 11.6. The molecule has 0 spiro atoms. The lowest BCUT2D eigenvalue weighted by Crippen LogP contribution is -2.44. The molecule has 0 aromatic rings. The Bertz CT molecular complexity index is 287. The maximum absolute atomic E-state index is 11.9. The number of carbonyl (C=O) groups excluding carboxylic acids is 1. The second kappa shape index (κ2) is 6.02. The van der Waals surface area contributed by atoms with Gasteiger partial charge in [0.25, 0.3) is 0 Å². The third-order valence-electron chi connectivity index (χ3n) is 4.42. The summed E-state index contributed by atoms with van der Waals surface area (Å²) < 4.78 is 0. The van der Waals surface area contributed by atoms with E-state index in [4.69, 9.17) is 5.73 Å². The third kappa shape index (κ3) is 3.95.